The molecule has 3 nitrogen and oxygen atoms in total. The van der Waals surface area contributed by atoms with Crippen molar-refractivity contribution in [1.82, 2.24) is 15.0 Å². The first-order chi connectivity index (χ1) is 8.60. The standard InChI is InChI=1S/C12H14ClN3S2/c1-4-5-9-15-10(13)8(3)11(16-9)18-12-14-7(2)6-17-12/h6H,4-5H2,1-3H3. The van der Waals surface area contributed by atoms with E-state index in [-0.39, 0.29) is 0 Å². The molecule has 0 spiro atoms. The van der Waals surface area contributed by atoms with Gasteiger partial charge in [-0.2, -0.15) is 0 Å². The molecule has 0 aliphatic rings. The molecule has 6 heteroatoms. The Hall–Kier alpha value is -0.650. The van der Waals surface area contributed by atoms with Crippen molar-refractivity contribution in [3.63, 3.8) is 0 Å². The highest BCUT2D eigenvalue weighted by molar-refractivity contribution is 8.01. The quantitative estimate of drug-likeness (QED) is 0.789. The SMILES string of the molecule is CCCc1nc(Cl)c(C)c(Sc2nc(C)cs2)n1. The first-order valence-electron chi connectivity index (χ1n) is 5.73. The monoisotopic (exact) mass is 299 g/mol. The van der Waals surface area contributed by atoms with E-state index in [9.17, 15) is 0 Å². The van der Waals surface area contributed by atoms with Gasteiger partial charge in [0.2, 0.25) is 0 Å². The average Bonchev–Trinajstić information content (AvgIpc) is 2.71. The molecule has 2 heterocycles. The number of nitrogens with zero attached hydrogens (tertiary/aromatic N) is 3. The van der Waals surface area contributed by atoms with Gasteiger partial charge in [-0.3, -0.25) is 0 Å². The largest absolute Gasteiger partial charge is 0.235 e. The first-order valence-corrected chi connectivity index (χ1v) is 7.80. The summed E-state index contributed by atoms with van der Waals surface area (Å²) in [6.07, 6.45) is 1.87. The number of hydrogen-bond acceptors (Lipinski definition) is 5. The van der Waals surface area contributed by atoms with Crippen molar-refractivity contribution in [3.8, 4) is 0 Å². The summed E-state index contributed by atoms with van der Waals surface area (Å²) in [4.78, 5) is 13.3. The molecule has 96 valence electrons. The Morgan fingerprint density at radius 2 is 2.06 bits per heavy atom. The predicted molar refractivity (Wildman–Crippen MR) is 76.7 cm³/mol. The van der Waals surface area contributed by atoms with Crippen molar-refractivity contribution in [2.24, 2.45) is 0 Å². The molecule has 0 N–H and O–H groups in total. The molecule has 0 bridgehead atoms. The van der Waals surface area contributed by atoms with Crippen LogP contribution in [-0.4, -0.2) is 15.0 Å². The van der Waals surface area contributed by atoms with Crippen molar-refractivity contribution < 1.29 is 0 Å². The fourth-order valence-corrected chi connectivity index (χ4v) is 3.50. The number of thiazole rings is 1. The van der Waals surface area contributed by atoms with E-state index in [1.54, 1.807) is 23.1 Å². The molecule has 0 unspecified atom stereocenters. The predicted octanol–water partition coefficient (Wildman–Crippen LogP) is 4.31. The second kappa shape index (κ2) is 5.99. The lowest BCUT2D eigenvalue weighted by Gasteiger charge is -2.06. The molecule has 0 aliphatic heterocycles. The van der Waals surface area contributed by atoms with Crippen molar-refractivity contribution in [2.45, 2.75) is 43.0 Å². The Morgan fingerprint density at radius 1 is 1.28 bits per heavy atom. The van der Waals surface area contributed by atoms with Crippen LogP contribution in [0.3, 0.4) is 0 Å². The van der Waals surface area contributed by atoms with Gasteiger partial charge in [0.25, 0.3) is 0 Å². The first kappa shape index (κ1) is 13.8. The van der Waals surface area contributed by atoms with Crippen LogP contribution in [0.4, 0.5) is 0 Å². The fraction of sp³-hybridized carbons (Fsp3) is 0.417. The summed E-state index contributed by atoms with van der Waals surface area (Å²) in [6.45, 7) is 6.04. The third-order valence-electron chi connectivity index (χ3n) is 2.34. The van der Waals surface area contributed by atoms with Gasteiger partial charge in [0.05, 0.1) is 0 Å². The smallest absolute Gasteiger partial charge is 0.156 e. The van der Waals surface area contributed by atoms with Crippen LogP contribution < -0.4 is 0 Å². The minimum Gasteiger partial charge on any atom is -0.235 e. The zero-order valence-corrected chi connectivity index (χ0v) is 12.9. The molecule has 2 aromatic heterocycles. The maximum Gasteiger partial charge on any atom is 0.156 e. The van der Waals surface area contributed by atoms with E-state index >= 15 is 0 Å². The molecule has 2 aromatic rings. The number of rotatable bonds is 4. The molecule has 2 rings (SSSR count). The molecular weight excluding hydrogens is 286 g/mol. The lowest BCUT2D eigenvalue weighted by Crippen LogP contribution is -1.99. The van der Waals surface area contributed by atoms with Crippen LogP contribution in [-0.2, 0) is 6.42 Å². The van der Waals surface area contributed by atoms with E-state index in [4.69, 9.17) is 11.6 Å². The van der Waals surface area contributed by atoms with Gasteiger partial charge < -0.3 is 0 Å². The maximum absolute atomic E-state index is 6.14. The summed E-state index contributed by atoms with van der Waals surface area (Å²) in [5, 5.41) is 3.49. The van der Waals surface area contributed by atoms with E-state index < -0.39 is 0 Å². The normalized spacial score (nSPS) is 10.9. The molecule has 0 radical (unpaired) electrons. The molecule has 0 fully saturated rings. The van der Waals surface area contributed by atoms with Crippen molar-refractivity contribution in [2.75, 3.05) is 0 Å². The van der Waals surface area contributed by atoms with Crippen LogP contribution in [0.25, 0.3) is 0 Å². The van der Waals surface area contributed by atoms with Gasteiger partial charge in [-0.05, 0) is 32.0 Å². The van der Waals surface area contributed by atoms with Crippen molar-refractivity contribution in [3.05, 3.63) is 27.6 Å². The molecule has 0 aromatic carbocycles. The van der Waals surface area contributed by atoms with Crippen LogP contribution in [0, 0.1) is 13.8 Å². The van der Waals surface area contributed by atoms with Crippen LogP contribution in [0.2, 0.25) is 5.15 Å². The van der Waals surface area contributed by atoms with Crippen LogP contribution in [0.1, 0.15) is 30.4 Å². The molecule has 0 amide bonds. The minimum atomic E-state index is 0.546. The summed E-state index contributed by atoms with van der Waals surface area (Å²) in [7, 11) is 0. The summed E-state index contributed by atoms with van der Waals surface area (Å²) in [5.74, 6) is 0.809. The van der Waals surface area contributed by atoms with E-state index in [1.807, 2.05) is 19.2 Å². The van der Waals surface area contributed by atoms with Gasteiger partial charge in [-0.1, -0.05) is 18.5 Å². The summed E-state index contributed by atoms with van der Waals surface area (Å²) in [6, 6.07) is 0. The Morgan fingerprint density at radius 3 is 2.67 bits per heavy atom. The van der Waals surface area contributed by atoms with Gasteiger partial charge >= 0.3 is 0 Å². The summed E-state index contributed by atoms with van der Waals surface area (Å²) >= 11 is 9.33. The molecule has 0 saturated heterocycles. The van der Waals surface area contributed by atoms with Crippen molar-refractivity contribution >= 4 is 34.7 Å². The third-order valence-corrected chi connectivity index (χ3v) is 4.86. The van der Waals surface area contributed by atoms with E-state index in [0.717, 1.165) is 39.3 Å². The molecular formula is C12H14ClN3S2. The van der Waals surface area contributed by atoms with Crippen LogP contribution in [0.5, 0.6) is 0 Å². The Balaban J connectivity index is 2.31. The molecule has 0 atom stereocenters. The second-order valence-corrected chi connectivity index (χ2v) is 6.42. The zero-order chi connectivity index (χ0) is 13.1. The van der Waals surface area contributed by atoms with Gasteiger partial charge in [-0.25, -0.2) is 15.0 Å². The number of halogens is 1. The van der Waals surface area contributed by atoms with E-state index in [0.29, 0.717) is 5.15 Å². The Bertz CT molecular complexity index is 554. The lowest BCUT2D eigenvalue weighted by atomic mass is 10.3. The average molecular weight is 300 g/mol. The maximum atomic E-state index is 6.14. The summed E-state index contributed by atoms with van der Waals surface area (Å²) in [5.41, 5.74) is 1.96. The third kappa shape index (κ3) is 3.22. The van der Waals surface area contributed by atoms with Crippen LogP contribution >= 0.6 is 34.7 Å². The zero-order valence-electron chi connectivity index (χ0n) is 10.5. The Labute approximate surface area is 120 Å². The number of hydrogen-bond donors (Lipinski definition) is 0. The number of aromatic nitrogens is 3. The minimum absolute atomic E-state index is 0.546. The molecule has 0 saturated carbocycles. The van der Waals surface area contributed by atoms with E-state index in [1.165, 1.54) is 0 Å². The Kier molecular flexibility index (Phi) is 4.59. The fourth-order valence-electron chi connectivity index (χ4n) is 1.41. The highest BCUT2D eigenvalue weighted by Gasteiger charge is 2.12. The van der Waals surface area contributed by atoms with E-state index in [2.05, 4.69) is 21.9 Å². The van der Waals surface area contributed by atoms with Crippen molar-refractivity contribution in [1.29, 1.82) is 0 Å². The number of aryl methyl sites for hydroxylation is 2. The molecule has 18 heavy (non-hydrogen) atoms. The highest BCUT2D eigenvalue weighted by atomic mass is 35.5. The lowest BCUT2D eigenvalue weighted by molar-refractivity contribution is 0.801. The van der Waals surface area contributed by atoms with Gasteiger partial charge in [0.15, 0.2) is 4.34 Å². The highest BCUT2D eigenvalue weighted by Crippen LogP contribution is 2.33. The molecule has 0 aliphatic carbocycles. The van der Waals surface area contributed by atoms with Gasteiger partial charge in [-0.15, -0.1) is 11.3 Å². The van der Waals surface area contributed by atoms with Gasteiger partial charge in [0, 0.05) is 23.1 Å². The van der Waals surface area contributed by atoms with Crippen LogP contribution in [0.15, 0.2) is 14.7 Å². The van der Waals surface area contributed by atoms with Gasteiger partial charge in [0.1, 0.15) is 16.0 Å². The topological polar surface area (TPSA) is 38.7 Å². The summed E-state index contributed by atoms with van der Waals surface area (Å²) < 4.78 is 0.993. The second-order valence-electron chi connectivity index (χ2n) is 3.97.